The fourth-order valence-electron chi connectivity index (χ4n) is 2.41. The average molecular weight is 270 g/mol. The minimum absolute atomic E-state index is 0.0158. The molecule has 0 aliphatic carbocycles. The van der Waals surface area contributed by atoms with Gasteiger partial charge in [-0.05, 0) is 37.1 Å². The predicted octanol–water partition coefficient (Wildman–Crippen LogP) is 3.14. The highest BCUT2D eigenvalue weighted by molar-refractivity contribution is 5.87. The van der Waals surface area contributed by atoms with Gasteiger partial charge >= 0.3 is 0 Å². The zero-order valence-corrected chi connectivity index (χ0v) is 12.3. The molecule has 0 bridgehead atoms. The van der Waals surface area contributed by atoms with E-state index in [1.165, 1.54) is 10.8 Å². The number of nitrogens with two attached hydrogens (primary N) is 1. The van der Waals surface area contributed by atoms with E-state index in [1.54, 1.807) is 0 Å². The van der Waals surface area contributed by atoms with E-state index in [2.05, 4.69) is 29.6 Å². The second-order valence-corrected chi connectivity index (χ2v) is 6.02. The minimum atomic E-state index is -0.484. The first-order chi connectivity index (χ1) is 9.37. The number of benzene rings is 2. The lowest BCUT2D eigenvalue weighted by Gasteiger charge is -2.21. The van der Waals surface area contributed by atoms with Crippen LogP contribution in [-0.2, 0) is 4.79 Å². The second-order valence-electron chi connectivity index (χ2n) is 6.02. The summed E-state index contributed by atoms with van der Waals surface area (Å²) in [6.45, 7) is 5.72. The smallest absolute Gasteiger partial charge is 0.222 e. The van der Waals surface area contributed by atoms with Crippen LogP contribution >= 0.6 is 0 Å². The van der Waals surface area contributed by atoms with Crippen LogP contribution in [0.5, 0.6) is 0 Å². The summed E-state index contributed by atoms with van der Waals surface area (Å²) < 4.78 is 0. The summed E-state index contributed by atoms with van der Waals surface area (Å²) in [5, 5.41) is 5.39. The van der Waals surface area contributed by atoms with E-state index in [-0.39, 0.29) is 11.9 Å². The molecule has 2 aromatic carbocycles. The zero-order chi connectivity index (χ0) is 14.8. The van der Waals surface area contributed by atoms with Crippen molar-refractivity contribution in [3.8, 4) is 0 Å². The molecule has 2 rings (SSSR count). The Morgan fingerprint density at radius 1 is 1.20 bits per heavy atom. The van der Waals surface area contributed by atoms with E-state index >= 15 is 0 Å². The third-order valence-electron chi connectivity index (χ3n) is 3.28. The van der Waals surface area contributed by atoms with Crippen molar-refractivity contribution in [1.29, 1.82) is 0 Å². The molecule has 0 radical (unpaired) electrons. The van der Waals surface area contributed by atoms with E-state index in [4.69, 9.17) is 5.73 Å². The molecule has 0 saturated heterocycles. The lowest BCUT2D eigenvalue weighted by Crippen LogP contribution is -2.39. The Balaban J connectivity index is 2.20. The zero-order valence-electron chi connectivity index (χ0n) is 12.3. The van der Waals surface area contributed by atoms with Gasteiger partial charge in [-0.2, -0.15) is 0 Å². The van der Waals surface area contributed by atoms with E-state index in [1.807, 2.05) is 39.0 Å². The highest BCUT2D eigenvalue weighted by Crippen LogP contribution is 2.24. The molecule has 1 unspecified atom stereocenters. The predicted molar refractivity (Wildman–Crippen MR) is 83.4 cm³/mol. The molecule has 20 heavy (non-hydrogen) atoms. The Morgan fingerprint density at radius 2 is 1.85 bits per heavy atom. The summed E-state index contributed by atoms with van der Waals surface area (Å²) in [5.41, 5.74) is 6.53. The number of hydrogen-bond donors (Lipinski definition) is 2. The topological polar surface area (TPSA) is 55.1 Å². The van der Waals surface area contributed by atoms with Crippen molar-refractivity contribution in [2.24, 2.45) is 5.73 Å². The van der Waals surface area contributed by atoms with Crippen molar-refractivity contribution in [2.45, 2.75) is 38.8 Å². The molecule has 0 aromatic heterocycles. The first-order valence-corrected chi connectivity index (χ1v) is 6.93. The summed E-state index contributed by atoms with van der Waals surface area (Å²) in [6.07, 6.45) is 0.322. The lowest BCUT2D eigenvalue weighted by atomic mass is 9.98. The Kier molecular flexibility index (Phi) is 4.09. The van der Waals surface area contributed by atoms with Crippen LogP contribution in [-0.4, -0.2) is 11.4 Å². The molecular formula is C17H22N2O. The van der Waals surface area contributed by atoms with Gasteiger partial charge in [0.2, 0.25) is 5.91 Å². The van der Waals surface area contributed by atoms with Crippen LogP contribution in [0, 0.1) is 0 Å². The van der Waals surface area contributed by atoms with Gasteiger partial charge in [0.05, 0.1) is 6.04 Å². The standard InChI is InChI=1S/C17H22N2O/c1-12(19-16(20)11-17(2,3)18)14-10-6-8-13-7-4-5-9-15(13)14/h4-10,12H,11,18H2,1-3H3,(H,19,20). The molecule has 1 amide bonds. The fourth-order valence-corrected chi connectivity index (χ4v) is 2.41. The summed E-state index contributed by atoms with van der Waals surface area (Å²) in [4.78, 5) is 12.0. The summed E-state index contributed by atoms with van der Waals surface area (Å²) >= 11 is 0. The maximum Gasteiger partial charge on any atom is 0.222 e. The minimum Gasteiger partial charge on any atom is -0.350 e. The van der Waals surface area contributed by atoms with Gasteiger partial charge in [0, 0.05) is 12.0 Å². The van der Waals surface area contributed by atoms with Gasteiger partial charge in [0.1, 0.15) is 0 Å². The SMILES string of the molecule is CC(NC(=O)CC(C)(C)N)c1cccc2ccccc12. The molecule has 0 fully saturated rings. The average Bonchev–Trinajstić information content (AvgIpc) is 2.35. The molecular weight excluding hydrogens is 248 g/mol. The molecule has 3 heteroatoms. The van der Waals surface area contributed by atoms with Crippen molar-refractivity contribution in [2.75, 3.05) is 0 Å². The quantitative estimate of drug-likeness (QED) is 0.896. The molecule has 0 aliphatic rings. The summed E-state index contributed by atoms with van der Waals surface area (Å²) in [7, 11) is 0. The molecule has 0 spiro atoms. The number of rotatable bonds is 4. The lowest BCUT2D eigenvalue weighted by molar-refractivity contribution is -0.122. The number of amides is 1. The molecule has 2 aromatic rings. The van der Waals surface area contributed by atoms with Crippen molar-refractivity contribution < 1.29 is 4.79 Å². The van der Waals surface area contributed by atoms with Gasteiger partial charge in [0.15, 0.2) is 0 Å². The second kappa shape index (κ2) is 5.63. The van der Waals surface area contributed by atoms with Gasteiger partial charge in [0.25, 0.3) is 0 Å². The normalized spacial score (nSPS) is 13.2. The van der Waals surface area contributed by atoms with Crippen molar-refractivity contribution in [3.05, 3.63) is 48.0 Å². The van der Waals surface area contributed by atoms with E-state index < -0.39 is 5.54 Å². The largest absolute Gasteiger partial charge is 0.350 e. The first kappa shape index (κ1) is 14.5. The van der Waals surface area contributed by atoms with Crippen molar-refractivity contribution >= 4 is 16.7 Å². The molecule has 0 saturated carbocycles. The Labute approximate surface area is 120 Å². The first-order valence-electron chi connectivity index (χ1n) is 6.93. The molecule has 3 N–H and O–H groups in total. The highest BCUT2D eigenvalue weighted by atomic mass is 16.1. The van der Waals surface area contributed by atoms with Gasteiger partial charge < -0.3 is 11.1 Å². The highest BCUT2D eigenvalue weighted by Gasteiger charge is 2.18. The fraction of sp³-hybridized carbons (Fsp3) is 0.353. The van der Waals surface area contributed by atoms with Crippen LogP contribution in [0.25, 0.3) is 10.8 Å². The van der Waals surface area contributed by atoms with E-state index in [9.17, 15) is 4.79 Å². The number of fused-ring (bicyclic) bond motifs is 1. The third-order valence-corrected chi connectivity index (χ3v) is 3.28. The molecule has 106 valence electrons. The summed E-state index contributed by atoms with van der Waals surface area (Å²) in [6, 6.07) is 14.3. The molecule has 0 heterocycles. The van der Waals surface area contributed by atoms with Gasteiger partial charge in [-0.25, -0.2) is 0 Å². The van der Waals surface area contributed by atoms with Crippen LogP contribution in [0.2, 0.25) is 0 Å². The van der Waals surface area contributed by atoms with E-state index in [0.29, 0.717) is 6.42 Å². The summed E-state index contributed by atoms with van der Waals surface area (Å²) in [5.74, 6) is -0.0158. The van der Waals surface area contributed by atoms with Crippen LogP contribution in [0.1, 0.15) is 38.8 Å². The van der Waals surface area contributed by atoms with Gasteiger partial charge in [-0.3, -0.25) is 4.79 Å². The van der Waals surface area contributed by atoms with Crippen molar-refractivity contribution in [1.82, 2.24) is 5.32 Å². The molecule has 0 aliphatic heterocycles. The maximum absolute atomic E-state index is 12.0. The van der Waals surface area contributed by atoms with Crippen LogP contribution in [0.3, 0.4) is 0 Å². The molecule has 1 atom stereocenters. The number of carbonyl (C=O) groups is 1. The monoisotopic (exact) mass is 270 g/mol. The number of hydrogen-bond acceptors (Lipinski definition) is 2. The van der Waals surface area contributed by atoms with Crippen LogP contribution < -0.4 is 11.1 Å². The number of carbonyl (C=O) groups excluding carboxylic acids is 1. The Hall–Kier alpha value is -1.87. The van der Waals surface area contributed by atoms with Crippen LogP contribution in [0.4, 0.5) is 0 Å². The Bertz CT molecular complexity index is 608. The third kappa shape index (κ3) is 3.58. The van der Waals surface area contributed by atoms with Gasteiger partial charge in [-0.15, -0.1) is 0 Å². The maximum atomic E-state index is 12.0. The Morgan fingerprint density at radius 3 is 2.55 bits per heavy atom. The van der Waals surface area contributed by atoms with E-state index in [0.717, 1.165) is 5.56 Å². The van der Waals surface area contributed by atoms with Gasteiger partial charge in [-0.1, -0.05) is 42.5 Å². The van der Waals surface area contributed by atoms with Crippen LogP contribution in [0.15, 0.2) is 42.5 Å². The number of nitrogens with one attached hydrogen (secondary N) is 1. The van der Waals surface area contributed by atoms with Crippen molar-refractivity contribution in [3.63, 3.8) is 0 Å². The molecule has 3 nitrogen and oxygen atoms in total.